The minimum atomic E-state index is -3.62. The molecule has 2 rings (SSSR count). The Hall–Kier alpha value is -1.86. The third kappa shape index (κ3) is 4.36. The number of ether oxygens (including phenoxy) is 1. The summed E-state index contributed by atoms with van der Waals surface area (Å²) in [6, 6.07) is 5.59. The molecule has 0 saturated carbocycles. The number of carbonyl (C=O) groups is 1. The number of hydrogen-bond acceptors (Lipinski definition) is 5. The van der Waals surface area contributed by atoms with Crippen LogP contribution in [0.5, 0.6) is 0 Å². The maximum Gasteiger partial charge on any atom is 0.419 e. The van der Waals surface area contributed by atoms with Gasteiger partial charge >= 0.3 is 6.09 Å². The topological polar surface area (TPSA) is 74.6 Å². The van der Waals surface area contributed by atoms with Gasteiger partial charge in [0, 0.05) is 17.1 Å². The van der Waals surface area contributed by atoms with Gasteiger partial charge in [0.2, 0.25) is 0 Å². The molecule has 1 aromatic heterocycles. The zero-order valence-corrected chi connectivity index (χ0v) is 15.6. The van der Waals surface area contributed by atoms with Crippen LogP contribution in [0.25, 0.3) is 10.9 Å². The lowest BCUT2D eigenvalue weighted by atomic mass is 10.1. The maximum atomic E-state index is 12.5. The molecule has 0 aliphatic carbocycles. The fraction of sp³-hybridized carbons (Fsp3) is 0.471. The molecule has 0 radical (unpaired) electrons. The van der Waals surface area contributed by atoms with Crippen molar-refractivity contribution in [1.82, 2.24) is 4.57 Å². The van der Waals surface area contributed by atoms with E-state index in [1.54, 1.807) is 33.9 Å². The first kappa shape index (κ1) is 18.5. The first-order valence-electron chi connectivity index (χ1n) is 7.60. The van der Waals surface area contributed by atoms with Crippen LogP contribution in [-0.4, -0.2) is 30.9 Å². The van der Waals surface area contributed by atoms with E-state index in [-0.39, 0.29) is 0 Å². The largest absolute Gasteiger partial charge is 0.443 e. The lowest BCUT2D eigenvalue weighted by molar-refractivity contribution is 0.0544. The van der Waals surface area contributed by atoms with E-state index < -0.39 is 27.9 Å². The molecule has 2 aromatic rings. The van der Waals surface area contributed by atoms with Gasteiger partial charge < -0.3 is 4.74 Å². The number of rotatable bonds is 3. The summed E-state index contributed by atoms with van der Waals surface area (Å²) in [6.45, 7) is 8.93. The SMILES string of the molecule is Cc1ccc2c(c1)c(C(C)OS(C)(=O)=O)cn2C(=O)OC(C)(C)C. The molecule has 0 aliphatic rings. The molecule has 6 nitrogen and oxygen atoms in total. The standard InChI is InChI=1S/C17H23NO5S/c1-11-7-8-15-13(9-11)14(12(2)23-24(6,20)21)10-18(15)16(19)22-17(3,4)5/h7-10,12H,1-6H3. The van der Waals surface area contributed by atoms with E-state index in [0.717, 1.165) is 17.2 Å². The van der Waals surface area contributed by atoms with Crippen LogP contribution in [0.15, 0.2) is 24.4 Å². The van der Waals surface area contributed by atoms with Gasteiger partial charge in [0.15, 0.2) is 0 Å². The predicted octanol–water partition coefficient (Wildman–Crippen LogP) is 3.77. The molecule has 0 amide bonds. The Morgan fingerprint density at radius 3 is 2.42 bits per heavy atom. The summed E-state index contributed by atoms with van der Waals surface area (Å²) in [6.07, 6.45) is 1.35. The average Bonchev–Trinajstić information content (AvgIpc) is 2.73. The van der Waals surface area contributed by atoms with Crippen molar-refractivity contribution in [3.63, 3.8) is 0 Å². The van der Waals surface area contributed by atoms with E-state index >= 15 is 0 Å². The van der Waals surface area contributed by atoms with Crippen molar-refractivity contribution >= 4 is 27.1 Å². The van der Waals surface area contributed by atoms with Crippen LogP contribution in [0.2, 0.25) is 0 Å². The van der Waals surface area contributed by atoms with Crippen LogP contribution in [0.3, 0.4) is 0 Å². The Labute approximate surface area is 142 Å². The first-order chi connectivity index (χ1) is 10.9. The summed E-state index contributed by atoms with van der Waals surface area (Å²) >= 11 is 0. The molecule has 0 bridgehead atoms. The van der Waals surface area contributed by atoms with Gasteiger partial charge in [0.25, 0.3) is 10.1 Å². The Kier molecular flexibility index (Phi) is 4.79. The van der Waals surface area contributed by atoms with E-state index in [1.165, 1.54) is 4.57 Å². The van der Waals surface area contributed by atoms with Crippen LogP contribution in [0, 0.1) is 6.92 Å². The van der Waals surface area contributed by atoms with Crippen LogP contribution in [0.4, 0.5) is 4.79 Å². The molecular formula is C17H23NO5S. The minimum absolute atomic E-state index is 0.519. The van der Waals surface area contributed by atoms with Gasteiger partial charge in [-0.15, -0.1) is 0 Å². The van der Waals surface area contributed by atoms with E-state index in [0.29, 0.717) is 11.1 Å². The second-order valence-electron chi connectivity index (χ2n) is 6.90. The van der Waals surface area contributed by atoms with Crippen molar-refractivity contribution in [2.24, 2.45) is 0 Å². The average molecular weight is 353 g/mol. The summed E-state index contributed by atoms with van der Waals surface area (Å²) in [7, 11) is -3.62. The van der Waals surface area contributed by atoms with Gasteiger partial charge in [0.05, 0.1) is 11.8 Å². The van der Waals surface area contributed by atoms with Crippen molar-refractivity contribution in [1.29, 1.82) is 0 Å². The van der Waals surface area contributed by atoms with Crippen LogP contribution < -0.4 is 0 Å². The molecule has 1 aromatic carbocycles. The Balaban J connectivity index is 2.56. The highest BCUT2D eigenvalue weighted by Gasteiger charge is 2.24. The summed E-state index contributed by atoms with van der Waals surface area (Å²) in [5.41, 5.74) is 1.63. The van der Waals surface area contributed by atoms with Crippen molar-refractivity contribution in [3.8, 4) is 0 Å². The monoisotopic (exact) mass is 353 g/mol. The number of aromatic nitrogens is 1. The summed E-state index contributed by atoms with van der Waals surface area (Å²) in [5, 5.41) is 0.761. The molecule has 1 unspecified atom stereocenters. The number of nitrogens with zero attached hydrogens (tertiary/aromatic N) is 1. The highest BCUT2D eigenvalue weighted by Crippen LogP contribution is 2.30. The molecule has 24 heavy (non-hydrogen) atoms. The van der Waals surface area contributed by atoms with Crippen molar-refractivity contribution in [2.75, 3.05) is 6.26 Å². The second-order valence-corrected chi connectivity index (χ2v) is 8.50. The predicted molar refractivity (Wildman–Crippen MR) is 92.7 cm³/mol. The molecule has 132 valence electrons. The first-order valence-corrected chi connectivity index (χ1v) is 9.42. The Morgan fingerprint density at radius 2 is 1.88 bits per heavy atom. The number of benzene rings is 1. The molecule has 0 aliphatic heterocycles. The van der Waals surface area contributed by atoms with Crippen molar-refractivity contribution in [3.05, 3.63) is 35.5 Å². The smallest absolute Gasteiger partial charge is 0.419 e. The summed E-state index contributed by atoms with van der Waals surface area (Å²) < 4.78 is 34.7. The van der Waals surface area contributed by atoms with Gasteiger partial charge in [-0.05, 0) is 46.8 Å². The Bertz CT molecular complexity index is 874. The van der Waals surface area contributed by atoms with Gasteiger partial charge in [-0.2, -0.15) is 8.42 Å². The zero-order chi connectivity index (χ0) is 18.3. The van der Waals surface area contributed by atoms with Crippen LogP contribution >= 0.6 is 0 Å². The number of fused-ring (bicyclic) bond motifs is 1. The van der Waals surface area contributed by atoms with Gasteiger partial charge in [0.1, 0.15) is 11.7 Å². The maximum absolute atomic E-state index is 12.5. The van der Waals surface area contributed by atoms with E-state index in [1.807, 2.05) is 25.1 Å². The molecule has 1 atom stereocenters. The zero-order valence-electron chi connectivity index (χ0n) is 14.8. The van der Waals surface area contributed by atoms with Gasteiger partial charge in [-0.3, -0.25) is 8.75 Å². The Morgan fingerprint density at radius 1 is 1.25 bits per heavy atom. The lowest BCUT2D eigenvalue weighted by Gasteiger charge is -2.19. The number of hydrogen-bond donors (Lipinski definition) is 0. The molecule has 0 saturated heterocycles. The minimum Gasteiger partial charge on any atom is -0.443 e. The summed E-state index contributed by atoms with van der Waals surface area (Å²) in [4.78, 5) is 12.5. The summed E-state index contributed by atoms with van der Waals surface area (Å²) in [5.74, 6) is 0. The lowest BCUT2D eigenvalue weighted by Crippen LogP contribution is -2.26. The third-order valence-electron chi connectivity index (χ3n) is 3.34. The van der Waals surface area contributed by atoms with Crippen molar-refractivity contribution < 1.29 is 22.1 Å². The molecule has 0 spiro atoms. The molecule has 7 heteroatoms. The van der Waals surface area contributed by atoms with E-state index in [9.17, 15) is 13.2 Å². The molecule has 1 heterocycles. The van der Waals surface area contributed by atoms with Crippen molar-refractivity contribution in [2.45, 2.75) is 46.3 Å². The number of aryl methyl sites for hydroxylation is 1. The fourth-order valence-corrected chi connectivity index (χ4v) is 3.10. The molecular weight excluding hydrogens is 330 g/mol. The van der Waals surface area contributed by atoms with E-state index in [4.69, 9.17) is 8.92 Å². The highest BCUT2D eigenvalue weighted by atomic mass is 32.2. The quantitative estimate of drug-likeness (QED) is 0.785. The van der Waals surface area contributed by atoms with E-state index in [2.05, 4.69) is 0 Å². The van der Waals surface area contributed by atoms with Gasteiger partial charge in [-0.1, -0.05) is 11.6 Å². The third-order valence-corrected chi connectivity index (χ3v) is 3.98. The van der Waals surface area contributed by atoms with Gasteiger partial charge in [-0.25, -0.2) is 4.79 Å². The number of carbonyl (C=O) groups excluding carboxylic acids is 1. The highest BCUT2D eigenvalue weighted by molar-refractivity contribution is 7.86. The normalized spacial score (nSPS) is 13.9. The molecule has 0 N–H and O–H groups in total. The van der Waals surface area contributed by atoms with Crippen LogP contribution in [-0.2, 0) is 19.0 Å². The second kappa shape index (κ2) is 6.22. The van der Waals surface area contributed by atoms with Crippen LogP contribution in [0.1, 0.15) is 44.9 Å². The fourth-order valence-electron chi connectivity index (χ4n) is 2.47. The molecule has 0 fully saturated rings.